The largest absolute Gasteiger partial charge is 0.303 e. The molecule has 0 saturated heterocycles. The number of carbonyl (C=O) groups is 2. The number of hydrogen-bond donors (Lipinski definition) is 0. The predicted molar refractivity (Wildman–Crippen MR) is 43.9 cm³/mol. The molecule has 0 bridgehead atoms. The van der Waals surface area contributed by atoms with E-state index < -0.39 is 0 Å². The first-order chi connectivity index (χ1) is 5.07. The number of aliphatic imine (C=N–C) groups is 1. The van der Waals surface area contributed by atoms with Crippen molar-refractivity contribution in [2.24, 2.45) is 4.99 Å². The molecule has 0 spiro atoms. The van der Waals surface area contributed by atoms with Crippen molar-refractivity contribution < 1.29 is 9.59 Å². The van der Waals surface area contributed by atoms with Crippen LogP contribution in [0.15, 0.2) is 4.99 Å². The Morgan fingerprint density at radius 2 is 2.09 bits per heavy atom. The monoisotopic (exact) mass is 155 g/mol. The molecule has 0 aromatic rings. The van der Waals surface area contributed by atoms with Crippen LogP contribution in [-0.2, 0) is 9.59 Å². The van der Waals surface area contributed by atoms with E-state index in [4.69, 9.17) is 0 Å². The van der Waals surface area contributed by atoms with Crippen molar-refractivity contribution in [1.29, 1.82) is 0 Å². The second kappa shape index (κ2) is 4.77. The molecule has 0 radical (unpaired) electrons. The molecule has 0 rings (SSSR count). The first-order valence-corrected chi connectivity index (χ1v) is 3.55. The standard InChI is InChI=1S/C8H13NO2/c1-6(4-5-10)9-7(2)8(3)11/h5,7H,4H2,1-3H3/b9-6+. The molecule has 0 aliphatic heterocycles. The summed E-state index contributed by atoms with van der Waals surface area (Å²) in [5, 5.41) is 0. The molecule has 0 saturated carbocycles. The molecule has 0 heterocycles. The fraction of sp³-hybridized carbons (Fsp3) is 0.625. The number of hydrogen-bond acceptors (Lipinski definition) is 3. The van der Waals surface area contributed by atoms with E-state index in [9.17, 15) is 9.59 Å². The minimum atomic E-state index is -0.310. The molecule has 0 aromatic carbocycles. The summed E-state index contributed by atoms with van der Waals surface area (Å²) in [4.78, 5) is 24.7. The lowest BCUT2D eigenvalue weighted by Crippen LogP contribution is -2.12. The predicted octanol–water partition coefficient (Wildman–Crippen LogP) is 1.01. The Morgan fingerprint density at radius 3 is 2.45 bits per heavy atom. The Labute approximate surface area is 66.5 Å². The lowest BCUT2D eigenvalue weighted by Gasteiger charge is -2.01. The smallest absolute Gasteiger partial charge is 0.153 e. The first kappa shape index (κ1) is 10.0. The second-order valence-corrected chi connectivity index (χ2v) is 2.52. The van der Waals surface area contributed by atoms with Crippen molar-refractivity contribution in [1.82, 2.24) is 0 Å². The highest BCUT2D eigenvalue weighted by atomic mass is 16.1. The molecular formula is C8H13NO2. The normalized spacial score (nSPS) is 14.3. The number of nitrogens with zero attached hydrogens (tertiary/aromatic N) is 1. The lowest BCUT2D eigenvalue weighted by molar-refractivity contribution is -0.117. The van der Waals surface area contributed by atoms with Gasteiger partial charge < -0.3 is 4.79 Å². The minimum Gasteiger partial charge on any atom is -0.303 e. The van der Waals surface area contributed by atoms with Gasteiger partial charge >= 0.3 is 0 Å². The molecule has 3 heteroatoms. The summed E-state index contributed by atoms with van der Waals surface area (Å²) in [7, 11) is 0. The van der Waals surface area contributed by atoms with Crippen LogP contribution in [0, 0.1) is 0 Å². The summed E-state index contributed by atoms with van der Waals surface area (Å²) < 4.78 is 0. The maximum Gasteiger partial charge on any atom is 0.153 e. The minimum absolute atomic E-state index is 0.0234. The first-order valence-electron chi connectivity index (χ1n) is 3.55. The highest BCUT2D eigenvalue weighted by molar-refractivity contribution is 5.94. The van der Waals surface area contributed by atoms with Gasteiger partial charge in [-0.1, -0.05) is 0 Å². The Balaban J connectivity index is 4.06. The lowest BCUT2D eigenvalue weighted by atomic mass is 10.2. The van der Waals surface area contributed by atoms with E-state index in [0.717, 1.165) is 6.29 Å². The van der Waals surface area contributed by atoms with Crippen molar-refractivity contribution in [3.8, 4) is 0 Å². The van der Waals surface area contributed by atoms with Crippen LogP contribution in [0.5, 0.6) is 0 Å². The number of ketones is 1. The van der Waals surface area contributed by atoms with Crippen LogP contribution in [0.4, 0.5) is 0 Å². The summed E-state index contributed by atoms with van der Waals surface area (Å²) in [5.74, 6) is 0.0234. The van der Waals surface area contributed by atoms with Crippen LogP contribution in [0.25, 0.3) is 0 Å². The van der Waals surface area contributed by atoms with Crippen LogP contribution in [0.2, 0.25) is 0 Å². The van der Waals surface area contributed by atoms with Crippen molar-refractivity contribution in [2.45, 2.75) is 33.2 Å². The molecular weight excluding hydrogens is 142 g/mol. The average Bonchev–Trinajstić information content (AvgIpc) is 1.87. The van der Waals surface area contributed by atoms with Gasteiger partial charge in [0, 0.05) is 12.1 Å². The van der Waals surface area contributed by atoms with Gasteiger partial charge in [-0.3, -0.25) is 9.79 Å². The number of carbonyl (C=O) groups excluding carboxylic acids is 2. The molecule has 11 heavy (non-hydrogen) atoms. The third-order valence-corrected chi connectivity index (χ3v) is 1.38. The molecule has 62 valence electrons. The molecule has 0 aliphatic carbocycles. The van der Waals surface area contributed by atoms with Gasteiger partial charge in [0.1, 0.15) is 12.3 Å². The van der Waals surface area contributed by atoms with Crippen molar-refractivity contribution >= 4 is 17.8 Å². The quantitative estimate of drug-likeness (QED) is 0.449. The zero-order chi connectivity index (χ0) is 8.85. The molecule has 0 amide bonds. The SMILES string of the molecule is CC(=O)C(C)/N=C(\C)CC=O. The van der Waals surface area contributed by atoms with Gasteiger partial charge in [0.2, 0.25) is 0 Å². The topological polar surface area (TPSA) is 46.5 Å². The van der Waals surface area contributed by atoms with E-state index in [-0.39, 0.29) is 11.8 Å². The van der Waals surface area contributed by atoms with E-state index in [0.29, 0.717) is 12.1 Å². The highest BCUT2D eigenvalue weighted by Gasteiger charge is 2.04. The summed E-state index contributed by atoms with van der Waals surface area (Å²) in [5.41, 5.74) is 0.711. The van der Waals surface area contributed by atoms with Crippen molar-refractivity contribution in [3.05, 3.63) is 0 Å². The third kappa shape index (κ3) is 4.42. The third-order valence-electron chi connectivity index (χ3n) is 1.38. The Morgan fingerprint density at radius 1 is 1.55 bits per heavy atom. The summed E-state index contributed by atoms with van der Waals surface area (Å²) in [6.07, 6.45) is 1.10. The van der Waals surface area contributed by atoms with Gasteiger partial charge in [0.05, 0.1) is 0 Å². The van der Waals surface area contributed by atoms with Gasteiger partial charge in [-0.2, -0.15) is 0 Å². The van der Waals surface area contributed by atoms with Gasteiger partial charge in [0.25, 0.3) is 0 Å². The van der Waals surface area contributed by atoms with Crippen molar-refractivity contribution in [2.75, 3.05) is 0 Å². The van der Waals surface area contributed by atoms with Crippen molar-refractivity contribution in [3.63, 3.8) is 0 Å². The average molecular weight is 155 g/mol. The van der Waals surface area contributed by atoms with Gasteiger partial charge in [-0.15, -0.1) is 0 Å². The van der Waals surface area contributed by atoms with Crippen LogP contribution >= 0.6 is 0 Å². The van der Waals surface area contributed by atoms with Crippen LogP contribution in [-0.4, -0.2) is 23.8 Å². The van der Waals surface area contributed by atoms with Crippen LogP contribution in [0.1, 0.15) is 27.2 Å². The Kier molecular flexibility index (Phi) is 4.34. The zero-order valence-corrected chi connectivity index (χ0v) is 7.13. The fourth-order valence-corrected chi connectivity index (χ4v) is 0.595. The van der Waals surface area contributed by atoms with E-state index in [1.165, 1.54) is 6.92 Å². The number of Topliss-reactive ketones (excluding diaryl/α,β-unsaturated/α-hetero) is 1. The van der Waals surface area contributed by atoms with E-state index in [2.05, 4.69) is 4.99 Å². The van der Waals surface area contributed by atoms with Gasteiger partial charge in [-0.25, -0.2) is 0 Å². The second-order valence-electron chi connectivity index (χ2n) is 2.52. The van der Waals surface area contributed by atoms with Crippen LogP contribution in [0.3, 0.4) is 0 Å². The molecule has 1 atom stereocenters. The summed E-state index contributed by atoms with van der Waals surface area (Å²) in [6.45, 7) is 4.95. The number of rotatable bonds is 4. The van der Waals surface area contributed by atoms with Gasteiger partial charge in [0.15, 0.2) is 5.78 Å². The molecule has 1 unspecified atom stereocenters. The Bertz CT molecular complexity index is 185. The van der Waals surface area contributed by atoms with E-state index in [1.807, 2.05) is 0 Å². The molecule has 0 aromatic heterocycles. The van der Waals surface area contributed by atoms with Crippen LogP contribution < -0.4 is 0 Å². The maximum atomic E-state index is 10.7. The molecule has 0 fully saturated rings. The Hall–Kier alpha value is -0.990. The fourth-order valence-electron chi connectivity index (χ4n) is 0.595. The molecule has 0 aliphatic rings. The zero-order valence-electron chi connectivity index (χ0n) is 7.13. The summed E-state index contributed by atoms with van der Waals surface area (Å²) in [6, 6.07) is -0.310. The number of aldehydes is 1. The highest BCUT2D eigenvalue weighted by Crippen LogP contribution is 1.93. The van der Waals surface area contributed by atoms with E-state index in [1.54, 1.807) is 13.8 Å². The maximum absolute atomic E-state index is 10.7. The molecule has 3 nitrogen and oxygen atoms in total. The van der Waals surface area contributed by atoms with E-state index >= 15 is 0 Å². The van der Waals surface area contributed by atoms with Gasteiger partial charge in [-0.05, 0) is 20.8 Å². The molecule has 0 N–H and O–H groups in total. The summed E-state index contributed by atoms with van der Waals surface area (Å²) >= 11 is 0.